The summed E-state index contributed by atoms with van der Waals surface area (Å²) in [5.41, 5.74) is 12.1. The van der Waals surface area contributed by atoms with E-state index in [0.29, 0.717) is 136 Å². The van der Waals surface area contributed by atoms with Crippen LogP contribution in [0.3, 0.4) is 0 Å². The Morgan fingerprint density at radius 2 is 0.739 bits per heavy atom. The van der Waals surface area contributed by atoms with Gasteiger partial charge in [0.2, 0.25) is 0 Å². The normalized spacial score (nSPS) is 19.2. The maximum absolute atomic E-state index is 12.5. The topological polar surface area (TPSA) is 471 Å². The molecule has 14 aromatic heterocycles. The number of hydrogen-bond acceptors (Lipinski definition) is 35. The van der Waals surface area contributed by atoms with Crippen LogP contribution in [0, 0.1) is 0 Å². The first-order valence-electron chi connectivity index (χ1n) is 47.8. The van der Waals surface area contributed by atoms with E-state index in [9.17, 15) is 28.8 Å². The Balaban J connectivity index is 0.000000106. The van der Waals surface area contributed by atoms with Crippen LogP contribution >= 0.6 is 11.3 Å². The van der Waals surface area contributed by atoms with E-state index >= 15 is 0 Å². The van der Waals surface area contributed by atoms with Gasteiger partial charge in [0.25, 0.3) is 0 Å². The number of rotatable bonds is 6. The van der Waals surface area contributed by atoms with Crippen molar-refractivity contribution in [1.29, 1.82) is 0 Å². The molecule has 0 amide bonds. The molecule has 41 nitrogen and oxygen atoms in total. The van der Waals surface area contributed by atoms with Gasteiger partial charge in [-0.2, -0.15) is 62.8 Å². The number of fused-ring (bicyclic) bond motifs is 16. The third-order valence-electron chi connectivity index (χ3n) is 26.1. The van der Waals surface area contributed by atoms with Crippen LogP contribution in [0.15, 0.2) is 139 Å². The number of carbonyl (C=O) groups is 6. The highest BCUT2D eigenvalue weighted by Crippen LogP contribution is 2.36. The quantitative estimate of drug-likeness (QED) is 0.0735. The fraction of sp³-hybridized carbons (Fsp3) is 0.417. The van der Waals surface area contributed by atoms with E-state index in [4.69, 9.17) is 4.74 Å². The van der Waals surface area contributed by atoms with Crippen molar-refractivity contribution in [3.8, 4) is 0 Å². The minimum absolute atomic E-state index is 0.0692. The van der Waals surface area contributed by atoms with E-state index in [1.54, 1.807) is 75.6 Å². The number of nitrogens with one attached hydrogen (secondary N) is 12. The summed E-state index contributed by atoms with van der Waals surface area (Å²) < 4.78 is 17.9. The second kappa shape index (κ2) is 41.7. The maximum Gasteiger partial charge on any atom is 0.188 e. The van der Waals surface area contributed by atoms with Crippen LogP contribution in [0.25, 0.3) is 33.9 Å². The molecule has 1 saturated carbocycles. The summed E-state index contributed by atoms with van der Waals surface area (Å²) in [4.78, 5) is 111. The molecule has 4 atom stereocenters. The number of nitrogens with zero attached hydrogens (tertiary/aromatic N) is 22. The van der Waals surface area contributed by atoms with Crippen LogP contribution in [0.4, 0.5) is 80.8 Å². The van der Waals surface area contributed by atoms with Gasteiger partial charge in [0, 0.05) is 190 Å². The number of hydrogen-bond donors (Lipinski definition) is 12. The summed E-state index contributed by atoms with van der Waals surface area (Å²) in [6, 6.07) is 14.1. The zero-order valence-corrected chi connectivity index (χ0v) is 79.0. The predicted octanol–water partition coefficient (Wildman–Crippen LogP) is 15.0. The molecule has 7 aliphatic heterocycles. The molecule has 2 fully saturated rings. The molecule has 0 radical (unpaired) electrons. The summed E-state index contributed by atoms with van der Waals surface area (Å²) in [6.45, 7) is 4.67. The van der Waals surface area contributed by atoms with Crippen molar-refractivity contribution < 1.29 is 33.5 Å². The van der Waals surface area contributed by atoms with Crippen molar-refractivity contribution in [2.45, 2.75) is 192 Å². The van der Waals surface area contributed by atoms with Gasteiger partial charge in [-0.25, -0.2) is 34.9 Å². The lowest BCUT2D eigenvalue weighted by Crippen LogP contribution is -2.27. The van der Waals surface area contributed by atoms with E-state index in [1.165, 1.54) is 16.0 Å². The van der Waals surface area contributed by atoms with Gasteiger partial charge in [-0.05, 0) is 147 Å². The highest BCUT2D eigenvalue weighted by Gasteiger charge is 2.31. The van der Waals surface area contributed by atoms with E-state index in [2.05, 4.69) is 164 Å². The van der Waals surface area contributed by atoms with Crippen LogP contribution in [0.2, 0.25) is 0 Å². The predicted molar refractivity (Wildman–Crippen MR) is 532 cm³/mol. The summed E-state index contributed by atoms with van der Waals surface area (Å²) in [6.07, 6.45) is 45.1. The van der Waals surface area contributed by atoms with E-state index in [0.717, 1.165) is 235 Å². The summed E-state index contributed by atoms with van der Waals surface area (Å²) in [5, 5.41) is 70.0. The van der Waals surface area contributed by atoms with Gasteiger partial charge in [0.1, 0.15) is 69.8 Å². The standard InChI is InChI=1S/2C17H19N5O.C16H22N6O.C16H21N5O2.C15H17N7O.C15H16N6OS/c2*1-18-16-9-15-20-12-7-6-11(8-12)4-2-3-5-14(23)13-10-19-22(16)17(13)21-15;1-17-15-8-14-19-11-5-7-21(10-11)6-3-2-4-13(23)12-9-18-22(15)16(12)20-14;1-17-15-8-14-19-10-4-5-11(7-10)23-6-2-3-13(22)12-9-18-21(15)16(12)20-14;1-16-14-8-13-18-12-5-7-21(20-12)6-3-2-4-11(23)10-9-17-22(14)15(10)19-13;1-16-13-6-12-19-14-10(8-18-21(13)14)11(22)5-3-2-4-9-7-17-15(20-12)23-9/h2*7-10,18H,2-6H2,1H3,(H,20,21);8-9,11,17H,2-7,10H2,1H3,(H,19,20);8-11,17H,2-7H2,1H3,(H,19,20);5,7-9,16H,2-4,6H2,1H3,(H,18,19,20);6-8,16H,2-5H2,1H3,(H,17,19,20). The van der Waals surface area contributed by atoms with Gasteiger partial charge in [0.15, 0.2) is 79.5 Å². The van der Waals surface area contributed by atoms with Gasteiger partial charge >= 0.3 is 0 Å². The van der Waals surface area contributed by atoms with Crippen LogP contribution < -0.4 is 63.8 Å². The SMILES string of the molecule is CNc1cc2nc3c(cnn13)C(=O)CCCCC1=CC(=CC1)N2.CNc1cc2nc3c(cnn13)C(=O)CCCCC1=CC(=CC1)N2.CNc1cc2nc3c(cnn13)C(=O)CCCCN1CCC(C1)N2.CNc1cc2nc3c(cnn13)C(=O)CCCCc1cnc(s1)N2.CNc1cc2nc3c(cnn13)C(=O)CCCCn1ccc(n1)N2.CNc1cc2nc3c(cnn13)C(=O)CCCOC1CCC(C1)N2. The molecule has 716 valence electrons. The van der Waals surface area contributed by atoms with Crippen LogP contribution in [0.5, 0.6) is 0 Å². The van der Waals surface area contributed by atoms with Crippen molar-refractivity contribution in [3.05, 3.63) is 177 Å². The Bertz CT molecular complexity index is 6660. The second-order valence-electron chi connectivity index (χ2n) is 35.6. The van der Waals surface area contributed by atoms with Crippen LogP contribution in [-0.4, -0.2) is 229 Å². The molecule has 0 aromatic carbocycles. The molecule has 4 unspecified atom stereocenters. The Hall–Kier alpha value is -14.9. The molecular weight excluding hydrogens is 1770 g/mol. The molecule has 1 saturated heterocycles. The van der Waals surface area contributed by atoms with Crippen molar-refractivity contribution in [2.75, 3.05) is 132 Å². The highest BCUT2D eigenvalue weighted by molar-refractivity contribution is 7.15. The molecule has 138 heavy (non-hydrogen) atoms. The smallest absolute Gasteiger partial charge is 0.188 e. The first-order chi connectivity index (χ1) is 67.4. The molecule has 21 heterocycles. The van der Waals surface area contributed by atoms with E-state index in [-0.39, 0.29) is 40.8 Å². The third-order valence-corrected chi connectivity index (χ3v) is 27.1. The largest absolute Gasteiger partial charge is 0.378 e. The van der Waals surface area contributed by atoms with Gasteiger partial charge in [-0.15, -0.1) is 11.3 Å². The molecular formula is C96H114N34O7S. The highest BCUT2D eigenvalue weighted by atomic mass is 32.1. The maximum atomic E-state index is 12.5. The number of aryl methyl sites for hydroxylation is 2. The van der Waals surface area contributed by atoms with Gasteiger partial charge < -0.3 is 73.4 Å². The number of ketones is 6. The Kier molecular flexibility index (Phi) is 27.9. The Morgan fingerprint density at radius 1 is 0.370 bits per heavy atom. The number of thiazole rings is 1. The number of carbonyl (C=O) groups excluding carboxylic acids is 6. The minimum Gasteiger partial charge on any atom is -0.378 e. The number of ether oxygens (including phenoxy) is 1. The van der Waals surface area contributed by atoms with Crippen molar-refractivity contribution in [2.24, 2.45) is 0 Å². The zero-order chi connectivity index (χ0) is 94.9. The summed E-state index contributed by atoms with van der Waals surface area (Å²) in [7, 11) is 11.0. The average Bonchev–Trinajstić information content (AvgIpc) is 1.64. The van der Waals surface area contributed by atoms with E-state index < -0.39 is 0 Å². The third kappa shape index (κ3) is 20.6. The fourth-order valence-corrected chi connectivity index (χ4v) is 19.7. The minimum atomic E-state index is 0.0692. The molecule has 0 spiro atoms. The lowest BCUT2D eigenvalue weighted by molar-refractivity contribution is 0.0541. The van der Waals surface area contributed by atoms with Gasteiger partial charge in [-0.1, -0.05) is 23.3 Å². The molecule has 24 bridgehead atoms. The van der Waals surface area contributed by atoms with Crippen molar-refractivity contribution in [3.63, 3.8) is 0 Å². The zero-order valence-electron chi connectivity index (χ0n) is 78.2. The van der Waals surface area contributed by atoms with E-state index in [1.807, 2.05) is 102 Å². The molecule has 42 heteroatoms. The second-order valence-corrected chi connectivity index (χ2v) is 36.7. The van der Waals surface area contributed by atoms with Crippen molar-refractivity contribution in [1.82, 2.24) is 107 Å². The molecule has 10 aliphatic rings. The van der Waals surface area contributed by atoms with Gasteiger partial charge in [0.05, 0.1) is 76.7 Å². The van der Waals surface area contributed by atoms with Gasteiger partial charge in [-0.3, -0.25) is 33.4 Å². The first kappa shape index (κ1) is 92.1. The number of allylic oxidation sites excluding steroid dienone is 6. The molecule has 12 N–H and O–H groups in total. The first-order valence-corrected chi connectivity index (χ1v) is 48.6. The number of aromatic nitrogens is 21. The Labute approximate surface area is 798 Å². The lowest BCUT2D eigenvalue weighted by atomic mass is 10.0. The number of anilines is 14. The summed E-state index contributed by atoms with van der Waals surface area (Å²) >= 11 is 1.63. The summed E-state index contributed by atoms with van der Waals surface area (Å²) in [5.74, 6) is 10.4. The lowest BCUT2D eigenvalue weighted by Gasteiger charge is -2.17. The fourth-order valence-electron chi connectivity index (χ4n) is 18.8. The Morgan fingerprint density at radius 3 is 1.17 bits per heavy atom. The molecule has 3 aliphatic carbocycles. The number of Topliss-reactive ketones (excluding diaryl/α,β-unsaturated/α-hetero) is 6. The average molecular weight is 1890 g/mol. The monoisotopic (exact) mass is 1890 g/mol. The van der Waals surface area contributed by atoms with Crippen LogP contribution in [-0.2, 0) is 17.7 Å². The molecule has 24 rings (SSSR count). The molecule has 14 aromatic rings. The van der Waals surface area contributed by atoms with Crippen LogP contribution in [0.1, 0.15) is 228 Å². The van der Waals surface area contributed by atoms with Crippen molar-refractivity contribution >= 4 is 161 Å².